The van der Waals surface area contributed by atoms with E-state index in [2.05, 4.69) is 20.9 Å². The maximum absolute atomic E-state index is 12.7. The van der Waals surface area contributed by atoms with Gasteiger partial charge in [0.15, 0.2) is 0 Å². The maximum atomic E-state index is 12.7. The Labute approximate surface area is 130 Å². The fraction of sp³-hybridized carbons (Fsp3) is 0.0588. The summed E-state index contributed by atoms with van der Waals surface area (Å²) in [5, 5.41) is 1.86. The highest BCUT2D eigenvalue weighted by Crippen LogP contribution is 2.27. The zero-order chi connectivity index (χ0) is 14.8. The number of pyridine rings is 1. The Morgan fingerprint density at radius 1 is 1.14 bits per heavy atom. The van der Waals surface area contributed by atoms with Crippen molar-refractivity contribution in [2.75, 3.05) is 7.11 Å². The summed E-state index contributed by atoms with van der Waals surface area (Å²) >= 11 is 3.40. The first-order valence-electron chi connectivity index (χ1n) is 6.42. The smallest absolute Gasteiger partial charge is 0.212 e. The van der Waals surface area contributed by atoms with Gasteiger partial charge in [-0.2, -0.15) is 0 Å². The van der Waals surface area contributed by atoms with E-state index in [4.69, 9.17) is 4.74 Å². The lowest BCUT2D eigenvalue weighted by molar-refractivity contribution is 0.103. The van der Waals surface area contributed by atoms with E-state index in [-0.39, 0.29) is 5.78 Å². The van der Waals surface area contributed by atoms with Crippen molar-refractivity contribution < 1.29 is 9.53 Å². The van der Waals surface area contributed by atoms with Gasteiger partial charge in [-0.3, -0.25) is 9.78 Å². The molecule has 0 aliphatic heterocycles. The number of aromatic nitrogens is 1. The number of halogens is 1. The first-order valence-corrected chi connectivity index (χ1v) is 7.22. The third-order valence-electron chi connectivity index (χ3n) is 3.30. The number of ether oxygens (including phenoxy) is 1. The monoisotopic (exact) mass is 341 g/mol. The molecule has 0 bridgehead atoms. The van der Waals surface area contributed by atoms with Gasteiger partial charge in [0.1, 0.15) is 11.4 Å². The molecule has 0 aliphatic carbocycles. The van der Waals surface area contributed by atoms with E-state index in [1.807, 2.05) is 30.3 Å². The highest BCUT2D eigenvalue weighted by atomic mass is 79.9. The number of rotatable bonds is 3. The van der Waals surface area contributed by atoms with Crippen LogP contribution in [0.4, 0.5) is 0 Å². The van der Waals surface area contributed by atoms with Crippen LogP contribution in [0.25, 0.3) is 10.8 Å². The van der Waals surface area contributed by atoms with Crippen LogP contribution in [0.2, 0.25) is 0 Å². The molecule has 0 aliphatic rings. The number of carbonyl (C=O) groups is 1. The number of carbonyl (C=O) groups excluding carboxylic acids is 1. The molecule has 0 spiro atoms. The predicted octanol–water partition coefficient (Wildman–Crippen LogP) is 4.24. The Bertz CT molecular complexity index is 825. The molecule has 4 heteroatoms. The molecule has 0 saturated carbocycles. The number of fused-ring (bicyclic) bond motifs is 1. The zero-order valence-corrected chi connectivity index (χ0v) is 12.9. The van der Waals surface area contributed by atoms with Crippen molar-refractivity contribution in [2.45, 2.75) is 0 Å². The van der Waals surface area contributed by atoms with Gasteiger partial charge in [0, 0.05) is 17.1 Å². The minimum atomic E-state index is -0.102. The molecule has 0 saturated heterocycles. The molecule has 3 nitrogen and oxygen atoms in total. The molecule has 0 fully saturated rings. The Morgan fingerprint density at radius 2 is 1.95 bits per heavy atom. The zero-order valence-electron chi connectivity index (χ0n) is 11.3. The molecule has 1 heterocycles. The van der Waals surface area contributed by atoms with Crippen LogP contribution in [0.5, 0.6) is 5.75 Å². The van der Waals surface area contributed by atoms with Gasteiger partial charge in [-0.05, 0) is 45.6 Å². The van der Waals surface area contributed by atoms with E-state index < -0.39 is 0 Å². The molecule has 104 valence electrons. The molecule has 0 unspecified atom stereocenters. The van der Waals surface area contributed by atoms with Crippen molar-refractivity contribution in [2.24, 2.45) is 0 Å². The van der Waals surface area contributed by atoms with Crippen LogP contribution < -0.4 is 4.74 Å². The third-order valence-corrected chi connectivity index (χ3v) is 3.92. The number of ketones is 1. The summed E-state index contributed by atoms with van der Waals surface area (Å²) in [4.78, 5) is 16.9. The van der Waals surface area contributed by atoms with Gasteiger partial charge in [0.25, 0.3) is 0 Å². The second-order valence-electron chi connectivity index (χ2n) is 4.56. The van der Waals surface area contributed by atoms with Gasteiger partial charge < -0.3 is 4.74 Å². The van der Waals surface area contributed by atoms with Gasteiger partial charge in [-0.25, -0.2) is 0 Å². The molecule has 21 heavy (non-hydrogen) atoms. The van der Waals surface area contributed by atoms with Gasteiger partial charge >= 0.3 is 0 Å². The Morgan fingerprint density at radius 3 is 2.71 bits per heavy atom. The Hall–Kier alpha value is -2.20. The highest BCUT2D eigenvalue weighted by molar-refractivity contribution is 9.10. The van der Waals surface area contributed by atoms with Crippen molar-refractivity contribution in [1.82, 2.24) is 4.98 Å². The van der Waals surface area contributed by atoms with Crippen LogP contribution in [0.3, 0.4) is 0 Å². The van der Waals surface area contributed by atoms with E-state index in [9.17, 15) is 4.79 Å². The quantitative estimate of drug-likeness (QED) is 0.669. The van der Waals surface area contributed by atoms with E-state index in [0.717, 1.165) is 15.2 Å². The normalized spacial score (nSPS) is 10.6. The van der Waals surface area contributed by atoms with Crippen LogP contribution in [-0.2, 0) is 0 Å². The van der Waals surface area contributed by atoms with Crippen molar-refractivity contribution in [3.8, 4) is 5.75 Å². The number of nitrogens with zero attached hydrogens (tertiary/aromatic N) is 1. The summed E-state index contributed by atoms with van der Waals surface area (Å²) in [6.07, 6.45) is 1.66. The predicted molar refractivity (Wildman–Crippen MR) is 85.9 cm³/mol. The van der Waals surface area contributed by atoms with Crippen molar-refractivity contribution >= 4 is 32.5 Å². The summed E-state index contributed by atoms with van der Waals surface area (Å²) in [5.74, 6) is 0.590. The number of benzene rings is 2. The Kier molecular flexibility index (Phi) is 3.71. The molecular formula is C17H12BrNO2. The van der Waals surface area contributed by atoms with Crippen LogP contribution in [0.15, 0.2) is 59.2 Å². The molecule has 2 aromatic carbocycles. The fourth-order valence-electron chi connectivity index (χ4n) is 2.24. The fourth-order valence-corrected chi connectivity index (χ4v) is 2.79. The standard InChI is InChI=1S/C17H12BrNO2/c1-21-15-7-6-12(10-14(15)18)17(20)16-13-5-3-2-4-11(13)8-9-19-16/h2-10H,1H3. The van der Waals surface area contributed by atoms with Crippen molar-refractivity contribution in [3.63, 3.8) is 0 Å². The summed E-state index contributed by atoms with van der Waals surface area (Å²) in [6.45, 7) is 0. The minimum Gasteiger partial charge on any atom is -0.496 e. The van der Waals surface area contributed by atoms with Crippen LogP contribution in [0, 0.1) is 0 Å². The first kappa shape index (κ1) is 13.8. The Balaban J connectivity index is 2.10. The molecule has 0 radical (unpaired) electrons. The first-order chi connectivity index (χ1) is 10.2. The molecule has 1 aromatic heterocycles. The average Bonchev–Trinajstić information content (AvgIpc) is 2.53. The average molecular weight is 342 g/mol. The topological polar surface area (TPSA) is 39.2 Å². The number of hydrogen-bond donors (Lipinski definition) is 0. The van der Waals surface area contributed by atoms with Crippen LogP contribution in [-0.4, -0.2) is 17.9 Å². The van der Waals surface area contributed by atoms with Crippen molar-refractivity contribution in [3.05, 3.63) is 70.5 Å². The lowest BCUT2D eigenvalue weighted by Crippen LogP contribution is -2.05. The van der Waals surface area contributed by atoms with E-state index in [1.165, 1.54) is 0 Å². The third kappa shape index (κ3) is 2.54. The summed E-state index contributed by atoms with van der Waals surface area (Å²) in [6, 6.07) is 14.9. The van der Waals surface area contributed by atoms with Crippen molar-refractivity contribution in [1.29, 1.82) is 0 Å². The molecule has 0 N–H and O–H groups in total. The minimum absolute atomic E-state index is 0.102. The molecule has 0 atom stereocenters. The summed E-state index contributed by atoms with van der Waals surface area (Å²) < 4.78 is 5.93. The molecule has 0 amide bonds. The van der Waals surface area contributed by atoms with E-state index >= 15 is 0 Å². The molecule has 3 aromatic rings. The second kappa shape index (κ2) is 5.66. The lowest BCUT2D eigenvalue weighted by Gasteiger charge is -2.07. The SMILES string of the molecule is COc1ccc(C(=O)c2nccc3ccccc23)cc1Br. The van der Waals surface area contributed by atoms with Gasteiger partial charge in [-0.1, -0.05) is 24.3 Å². The number of hydrogen-bond acceptors (Lipinski definition) is 3. The second-order valence-corrected chi connectivity index (χ2v) is 5.41. The molecular weight excluding hydrogens is 330 g/mol. The van der Waals surface area contributed by atoms with Crippen LogP contribution in [0.1, 0.15) is 16.1 Å². The van der Waals surface area contributed by atoms with Gasteiger partial charge in [0.2, 0.25) is 5.78 Å². The van der Waals surface area contributed by atoms with E-state index in [0.29, 0.717) is 17.0 Å². The summed E-state index contributed by atoms with van der Waals surface area (Å²) in [7, 11) is 1.59. The lowest BCUT2D eigenvalue weighted by atomic mass is 10.0. The highest BCUT2D eigenvalue weighted by Gasteiger charge is 2.15. The van der Waals surface area contributed by atoms with Crippen LogP contribution >= 0.6 is 15.9 Å². The number of methoxy groups -OCH3 is 1. The maximum Gasteiger partial charge on any atom is 0.212 e. The molecule has 3 rings (SSSR count). The summed E-state index contributed by atoms with van der Waals surface area (Å²) in [5.41, 5.74) is 1.04. The van der Waals surface area contributed by atoms with Gasteiger partial charge in [-0.15, -0.1) is 0 Å². The van der Waals surface area contributed by atoms with Gasteiger partial charge in [0.05, 0.1) is 11.6 Å². The largest absolute Gasteiger partial charge is 0.496 e. The van der Waals surface area contributed by atoms with E-state index in [1.54, 1.807) is 31.5 Å².